The molecular weight excluding hydrogens is 1020 g/mol. The Kier molecular flexibility index (Phi) is 64.4. The van der Waals surface area contributed by atoms with Gasteiger partial charge in [-0.3, -0.25) is 14.4 Å². The fourth-order valence-electron chi connectivity index (χ4n) is 8.52. The van der Waals surface area contributed by atoms with Crippen LogP contribution in [0.15, 0.2) is 182 Å². The topological polar surface area (TPSA) is 78.9 Å². The van der Waals surface area contributed by atoms with E-state index in [2.05, 4.69) is 203 Å². The van der Waals surface area contributed by atoms with Crippen molar-refractivity contribution in [3.05, 3.63) is 182 Å². The zero-order valence-corrected chi connectivity index (χ0v) is 53.1. The molecule has 83 heavy (non-hydrogen) atoms. The van der Waals surface area contributed by atoms with Gasteiger partial charge in [0.05, 0.1) is 0 Å². The Hall–Kier alpha value is -5.49. The molecule has 0 heterocycles. The maximum Gasteiger partial charge on any atom is 0.306 e. The predicted octanol–water partition coefficient (Wildman–Crippen LogP) is 23.2. The Morgan fingerprint density at radius 1 is 0.241 bits per heavy atom. The quantitative estimate of drug-likeness (QED) is 0.0261. The fourth-order valence-corrected chi connectivity index (χ4v) is 8.52. The van der Waals surface area contributed by atoms with Gasteiger partial charge in [0.25, 0.3) is 0 Å². The van der Waals surface area contributed by atoms with Crippen LogP contribution in [0.1, 0.15) is 265 Å². The van der Waals surface area contributed by atoms with Gasteiger partial charge in [-0.15, -0.1) is 0 Å². The van der Waals surface area contributed by atoms with E-state index in [9.17, 15) is 14.4 Å². The van der Waals surface area contributed by atoms with Crippen molar-refractivity contribution in [3.8, 4) is 0 Å². The summed E-state index contributed by atoms with van der Waals surface area (Å²) in [5.74, 6) is -0.963. The van der Waals surface area contributed by atoms with Gasteiger partial charge >= 0.3 is 17.9 Å². The molecule has 6 heteroatoms. The second-order valence-electron chi connectivity index (χ2n) is 21.2. The lowest BCUT2D eigenvalue weighted by atomic mass is 10.1. The van der Waals surface area contributed by atoms with Crippen molar-refractivity contribution in [1.29, 1.82) is 0 Å². The molecule has 0 amide bonds. The molecule has 1 atom stereocenters. The zero-order valence-electron chi connectivity index (χ0n) is 53.1. The van der Waals surface area contributed by atoms with Crippen molar-refractivity contribution in [2.24, 2.45) is 0 Å². The third-order valence-electron chi connectivity index (χ3n) is 13.4. The lowest BCUT2D eigenvalue weighted by molar-refractivity contribution is -0.167. The molecule has 0 rings (SSSR count). The number of ether oxygens (including phenoxy) is 3. The number of allylic oxidation sites excluding steroid dienone is 30. The summed E-state index contributed by atoms with van der Waals surface area (Å²) < 4.78 is 16.9. The molecule has 0 aliphatic rings. The molecule has 464 valence electrons. The highest BCUT2D eigenvalue weighted by Gasteiger charge is 2.19. The van der Waals surface area contributed by atoms with E-state index in [4.69, 9.17) is 14.2 Å². The summed E-state index contributed by atoms with van der Waals surface area (Å²) >= 11 is 0. The van der Waals surface area contributed by atoms with Crippen LogP contribution >= 0.6 is 0 Å². The summed E-state index contributed by atoms with van der Waals surface area (Å²) in [6.45, 7) is 6.25. The van der Waals surface area contributed by atoms with Gasteiger partial charge in [-0.2, -0.15) is 0 Å². The van der Waals surface area contributed by atoms with Crippen LogP contribution in [0.2, 0.25) is 0 Å². The Morgan fingerprint density at radius 3 is 0.675 bits per heavy atom. The third-order valence-corrected chi connectivity index (χ3v) is 13.4. The molecule has 0 aromatic carbocycles. The summed E-state index contributed by atoms with van der Waals surface area (Å²) in [6, 6.07) is 0. The normalized spacial score (nSPS) is 13.3. The minimum absolute atomic E-state index is 0.108. The first-order chi connectivity index (χ1) is 41.0. The second-order valence-corrected chi connectivity index (χ2v) is 21.2. The molecule has 0 aliphatic carbocycles. The monoisotopic (exact) mass is 1140 g/mol. The van der Waals surface area contributed by atoms with Crippen molar-refractivity contribution < 1.29 is 28.6 Å². The molecule has 0 fully saturated rings. The average Bonchev–Trinajstić information content (AvgIpc) is 3.49. The molecule has 0 N–H and O–H groups in total. The number of hydrogen-bond acceptors (Lipinski definition) is 6. The van der Waals surface area contributed by atoms with Crippen LogP contribution in [0.25, 0.3) is 0 Å². The van der Waals surface area contributed by atoms with E-state index in [0.29, 0.717) is 12.8 Å². The summed E-state index contributed by atoms with van der Waals surface area (Å²) in [6.07, 6.45) is 103. The molecule has 0 saturated heterocycles. The minimum Gasteiger partial charge on any atom is -0.462 e. The van der Waals surface area contributed by atoms with Gasteiger partial charge in [-0.1, -0.05) is 274 Å². The Morgan fingerprint density at radius 2 is 0.434 bits per heavy atom. The number of hydrogen-bond donors (Lipinski definition) is 0. The molecule has 0 bridgehead atoms. The maximum absolute atomic E-state index is 12.9. The largest absolute Gasteiger partial charge is 0.462 e. The van der Waals surface area contributed by atoms with Crippen molar-refractivity contribution in [1.82, 2.24) is 0 Å². The van der Waals surface area contributed by atoms with Crippen molar-refractivity contribution in [2.45, 2.75) is 271 Å². The number of rotatable bonds is 58. The smallest absolute Gasteiger partial charge is 0.306 e. The standard InChI is InChI=1S/C77H120O6/c1-4-7-10-13-16-19-22-25-28-31-33-35-36-37-38-39-40-42-43-46-49-52-55-58-61-64-67-70-76(79)82-73-74(72-81-75(78)69-66-63-60-57-54-51-48-45-30-27-24-21-18-15-12-9-6-3)83-77(80)71-68-65-62-59-56-53-50-47-44-41-34-32-29-26-23-20-17-14-11-8-5-2/h7-12,16-21,25-30,33-35,37-38,40-42,47-48,50-51,74H,4-6,13-15,22-24,31-32,36,39,43-46,49,52-73H2,1-3H3/b10-7-,11-8-,12-9-,19-16-,20-17-,21-18-,28-25-,29-26-,30-27-,35-33-,38-37-,41-34-,42-40-,50-47-,51-48-. The molecule has 0 aromatic rings. The van der Waals surface area contributed by atoms with E-state index in [1.165, 1.54) is 32.1 Å². The number of unbranched alkanes of at least 4 members (excludes halogenated alkanes) is 17. The van der Waals surface area contributed by atoms with Crippen LogP contribution in [0.4, 0.5) is 0 Å². The van der Waals surface area contributed by atoms with Gasteiger partial charge < -0.3 is 14.2 Å². The summed E-state index contributed by atoms with van der Waals surface area (Å²) in [4.78, 5) is 38.4. The van der Waals surface area contributed by atoms with Crippen molar-refractivity contribution in [3.63, 3.8) is 0 Å². The first-order valence-corrected chi connectivity index (χ1v) is 33.3. The van der Waals surface area contributed by atoms with Gasteiger partial charge in [-0.25, -0.2) is 0 Å². The summed E-state index contributed by atoms with van der Waals surface area (Å²) in [7, 11) is 0. The molecular formula is C77H120O6. The Bertz CT molecular complexity index is 1940. The van der Waals surface area contributed by atoms with Crippen molar-refractivity contribution in [2.75, 3.05) is 13.2 Å². The summed E-state index contributed by atoms with van der Waals surface area (Å²) in [5.41, 5.74) is 0. The van der Waals surface area contributed by atoms with Crippen molar-refractivity contribution >= 4 is 17.9 Å². The highest BCUT2D eigenvalue weighted by atomic mass is 16.6. The van der Waals surface area contributed by atoms with E-state index in [0.717, 1.165) is 193 Å². The zero-order chi connectivity index (χ0) is 59.9. The fraction of sp³-hybridized carbons (Fsp3) is 0.571. The number of esters is 3. The van der Waals surface area contributed by atoms with Gasteiger partial charge in [0, 0.05) is 19.3 Å². The number of carbonyl (C=O) groups excluding carboxylic acids is 3. The molecule has 1 unspecified atom stereocenters. The van der Waals surface area contributed by atoms with Gasteiger partial charge in [-0.05, 0) is 154 Å². The molecule has 6 nitrogen and oxygen atoms in total. The van der Waals surface area contributed by atoms with Crippen LogP contribution in [0, 0.1) is 0 Å². The lowest BCUT2D eigenvalue weighted by Gasteiger charge is -2.18. The van der Waals surface area contributed by atoms with E-state index in [-0.39, 0.29) is 37.5 Å². The minimum atomic E-state index is -0.815. The highest BCUT2D eigenvalue weighted by molar-refractivity contribution is 5.71. The van der Waals surface area contributed by atoms with E-state index in [1.807, 2.05) is 0 Å². The first-order valence-electron chi connectivity index (χ1n) is 33.3. The van der Waals surface area contributed by atoms with E-state index in [1.54, 1.807) is 0 Å². The molecule has 0 spiro atoms. The molecule has 0 saturated carbocycles. The predicted molar refractivity (Wildman–Crippen MR) is 361 cm³/mol. The SMILES string of the molecule is CC/C=C\C/C=C\C/C=C\C/C=C\C/C=C\C/C=C\CCCCCCCCCCC(=O)OCC(COC(=O)CCCCCC/C=C\C/C=C\C/C=C\C/C=C\CC)OC(=O)CCCCCCC/C=C\C/C=C\C/C=C\C/C=C\C/C=C\CC. The van der Waals surface area contributed by atoms with Crippen LogP contribution in [-0.2, 0) is 28.6 Å². The molecule has 0 radical (unpaired) electrons. The van der Waals surface area contributed by atoms with Gasteiger partial charge in [0.15, 0.2) is 6.10 Å². The van der Waals surface area contributed by atoms with Gasteiger partial charge in [0.1, 0.15) is 13.2 Å². The van der Waals surface area contributed by atoms with Crippen LogP contribution in [0.5, 0.6) is 0 Å². The third kappa shape index (κ3) is 67.2. The molecule has 0 aliphatic heterocycles. The Labute approximate surface area is 510 Å². The average molecular weight is 1140 g/mol. The van der Waals surface area contributed by atoms with E-state index < -0.39 is 6.10 Å². The maximum atomic E-state index is 12.9. The van der Waals surface area contributed by atoms with Crippen LogP contribution in [-0.4, -0.2) is 37.2 Å². The molecule has 0 aromatic heterocycles. The Balaban J connectivity index is 4.49. The second kappa shape index (κ2) is 69.0. The lowest BCUT2D eigenvalue weighted by Crippen LogP contribution is -2.30. The number of carbonyl (C=O) groups is 3. The van der Waals surface area contributed by atoms with Crippen LogP contribution < -0.4 is 0 Å². The highest BCUT2D eigenvalue weighted by Crippen LogP contribution is 2.14. The summed E-state index contributed by atoms with van der Waals surface area (Å²) in [5, 5.41) is 0. The van der Waals surface area contributed by atoms with E-state index >= 15 is 0 Å². The first kappa shape index (κ1) is 77.5. The van der Waals surface area contributed by atoms with Crippen LogP contribution in [0.3, 0.4) is 0 Å². The van der Waals surface area contributed by atoms with Gasteiger partial charge in [0.2, 0.25) is 0 Å².